The molecular formula is C11H15N3O2. The first-order valence-corrected chi connectivity index (χ1v) is 5.31. The average molecular weight is 221 g/mol. The van der Waals surface area contributed by atoms with Crippen LogP contribution in [0.4, 0.5) is 5.69 Å². The van der Waals surface area contributed by atoms with E-state index >= 15 is 0 Å². The molecule has 1 fully saturated rings. The summed E-state index contributed by atoms with van der Waals surface area (Å²) in [6, 6.07) is 2.18. The fourth-order valence-electron chi connectivity index (χ4n) is 1.66. The van der Waals surface area contributed by atoms with Gasteiger partial charge in [0, 0.05) is 6.04 Å². The quantitative estimate of drug-likeness (QED) is 0.799. The SMILES string of the molecule is COc1ncc(NC2CCC2)cc1C(N)=O. The molecule has 16 heavy (non-hydrogen) atoms. The second-order valence-corrected chi connectivity index (χ2v) is 3.92. The third kappa shape index (κ3) is 2.08. The standard InChI is InChI=1S/C11H15N3O2/c1-16-11-9(10(12)15)5-8(6-13-11)14-7-3-2-4-7/h5-7,14H,2-4H2,1H3,(H2,12,15). The van der Waals surface area contributed by atoms with Gasteiger partial charge >= 0.3 is 0 Å². The molecule has 1 amide bonds. The Labute approximate surface area is 94.0 Å². The van der Waals surface area contributed by atoms with Gasteiger partial charge in [-0.15, -0.1) is 0 Å². The lowest BCUT2D eigenvalue weighted by Crippen LogP contribution is -2.27. The van der Waals surface area contributed by atoms with Gasteiger partial charge in [-0.2, -0.15) is 0 Å². The van der Waals surface area contributed by atoms with Crippen LogP contribution < -0.4 is 15.8 Å². The zero-order chi connectivity index (χ0) is 11.5. The van der Waals surface area contributed by atoms with Gasteiger partial charge in [0.05, 0.1) is 19.0 Å². The van der Waals surface area contributed by atoms with Gasteiger partial charge in [-0.25, -0.2) is 4.98 Å². The summed E-state index contributed by atoms with van der Waals surface area (Å²) in [4.78, 5) is 15.2. The molecule has 0 atom stereocenters. The molecule has 5 nitrogen and oxygen atoms in total. The van der Waals surface area contributed by atoms with Gasteiger partial charge in [0.1, 0.15) is 5.56 Å². The number of amides is 1. The Kier molecular flexibility index (Phi) is 2.94. The summed E-state index contributed by atoms with van der Waals surface area (Å²) in [5.41, 5.74) is 6.38. The van der Waals surface area contributed by atoms with Crippen molar-refractivity contribution < 1.29 is 9.53 Å². The number of nitrogens with two attached hydrogens (primary N) is 1. The number of methoxy groups -OCH3 is 1. The van der Waals surface area contributed by atoms with E-state index in [0.29, 0.717) is 11.6 Å². The number of rotatable bonds is 4. The minimum Gasteiger partial charge on any atom is -0.480 e. The summed E-state index contributed by atoms with van der Waals surface area (Å²) in [6.07, 6.45) is 5.24. The predicted octanol–water partition coefficient (Wildman–Crippen LogP) is 1.15. The minimum atomic E-state index is -0.526. The van der Waals surface area contributed by atoms with Crippen LogP contribution in [0.1, 0.15) is 29.6 Å². The first kappa shape index (κ1) is 10.7. The van der Waals surface area contributed by atoms with Gasteiger partial charge in [-0.3, -0.25) is 4.79 Å². The van der Waals surface area contributed by atoms with Crippen molar-refractivity contribution >= 4 is 11.6 Å². The van der Waals surface area contributed by atoms with Gasteiger partial charge < -0.3 is 15.8 Å². The zero-order valence-corrected chi connectivity index (χ0v) is 9.19. The molecule has 1 aliphatic carbocycles. The van der Waals surface area contributed by atoms with Crippen molar-refractivity contribution in [1.82, 2.24) is 4.98 Å². The Bertz CT molecular complexity index is 402. The van der Waals surface area contributed by atoms with E-state index in [-0.39, 0.29) is 5.88 Å². The maximum absolute atomic E-state index is 11.2. The van der Waals surface area contributed by atoms with E-state index in [2.05, 4.69) is 10.3 Å². The number of nitrogens with zero attached hydrogens (tertiary/aromatic N) is 1. The lowest BCUT2D eigenvalue weighted by Gasteiger charge is -2.27. The molecule has 0 bridgehead atoms. The van der Waals surface area contributed by atoms with Crippen molar-refractivity contribution in [1.29, 1.82) is 0 Å². The van der Waals surface area contributed by atoms with Gasteiger partial charge in [0.25, 0.3) is 5.91 Å². The summed E-state index contributed by atoms with van der Waals surface area (Å²) < 4.78 is 4.97. The van der Waals surface area contributed by atoms with Crippen LogP contribution in [0.25, 0.3) is 0 Å². The van der Waals surface area contributed by atoms with E-state index < -0.39 is 5.91 Å². The Morgan fingerprint density at radius 3 is 2.88 bits per heavy atom. The lowest BCUT2D eigenvalue weighted by molar-refractivity contribution is 0.0996. The van der Waals surface area contributed by atoms with E-state index in [0.717, 1.165) is 18.5 Å². The predicted molar refractivity (Wildman–Crippen MR) is 60.6 cm³/mol. The van der Waals surface area contributed by atoms with E-state index in [4.69, 9.17) is 10.5 Å². The molecule has 1 aromatic rings. The Hall–Kier alpha value is -1.78. The molecule has 0 radical (unpaired) electrons. The number of nitrogens with one attached hydrogen (secondary N) is 1. The number of ether oxygens (including phenoxy) is 1. The molecule has 86 valence electrons. The Balaban J connectivity index is 2.20. The van der Waals surface area contributed by atoms with Gasteiger partial charge in [-0.1, -0.05) is 0 Å². The van der Waals surface area contributed by atoms with E-state index in [1.54, 1.807) is 12.3 Å². The molecule has 1 aromatic heterocycles. The topological polar surface area (TPSA) is 77.2 Å². The maximum Gasteiger partial charge on any atom is 0.254 e. The molecule has 0 aromatic carbocycles. The Morgan fingerprint density at radius 1 is 1.62 bits per heavy atom. The average Bonchev–Trinajstić information content (AvgIpc) is 2.23. The first-order valence-electron chi connectivity index (χ1n) is 5.31. The van der Waals surface area contributed by atoms with Crippen molar-refractivity contribution in [2.24, 2.45) is 5.73 Å². The van der Waals surface area contributed by atoms with E-state index in [1.807, 2.05) is 0 Å². The number of primary amides is 1. The van der Waals surface area contributed by atoms with Gasteiger partial charge in [0.2, 0.25) is 5.88 Å². The summed E-state index contributed by atoms with van der Waals surface area (Å²) in [5, 5.41) is 3.30. The van der Waals surface area contributed by atoms with Crippen LogP contribution in [0.3, 0.4) is 0 Å². The van der Waals surface area contributed by atoms with E-state index in [9.17, 15) is 4.79 Å². The summed E-state index contributed by atoms with van der Waals surface area (Å²) in [5.74, 6) is -0.256. The Morgan fingerprint density at radius 2 is 2.38 bits per heavy atom. The van der Waals surface area contributed by atoms with E-state index in [1.165, 1.54) is 13.5 Å². The van der Waals surface area contributed by atoms with Crippen molar-refractivity contribution in [3.63, 3.8) is 0 Å². The smallest absolute Gasteiger partial charge is 0.254 e. The molecule has 3 N–H and O–H groups in total. The number of hydrogen-bond donors (Lipinski definition) is 2. The zero-order valence-electron chi connectivity index (χ0n) is 9.19. The largest absolute Gasteiger partial charge is 0.480 e. The summed E-state index contributed by atoms with van der Waals surface area (Å²) >= 11 is 0. The normalized spacial score (nSPS) is 15.3. The van der Waals surface area contributed by atoms with Crippen LogP contribution in [0.2, 0.25) is 0 Å². The molecule has 1 aliphatic rings. The van der Waals surface area contributed by atoms with Crippen molar-refractivity contribution in [3.05, 3.63) is 17.8 Å². The molecule has 0 saturated heterocycles. The van der Waals surface area contributed by atoms with Crippen LogP contribution in [0.15, 0.2) is 12.3 Å². The second kappa shape index (κ2) is 4.38. The number of carbonyl (C=O) groups excluding carboxylic acids is 1. The monoisotopic (exact) mass is 221 g/mol. The highest BCUT2D eigenvalue weighted by molar-refractivity contribution is 5.95. The van der Waals surface area contributed by atoms with Crippen LogP contribution in [-0.2, 0) is 0 Å². The van der Waals surface area contributed by atoms with Crippen molar-refractivity contribution in [2.75, 3.05) is 12.4 Å². The minimum absolute atomic E-state index is 0.270. The number of hydrogen-bond acceptors (Lipinski definition) is 4. The highest BCUT2D eigenvalue weighted by Crippen LogP contribution is 2.25. The molecule has 1 heterocycles. The van der Waals surface area contributed by atoms with Crippen LogP contribution >= 0.6 is 0 Å². The summed E-state index contributed by atoms with van der Waals surface area (Å²) in [7, 11) is 1.47. The number of pyridine rings is 1. The molecule has 0 unspecified atom stereocenters. The fourth-order valence-corrected chi connectivity index (χ4v) is 1.66. The van der Waals surface area contributed by atoms with Crippen LogP contribution in [-0.4, -0.2) is 24.0 Å². The van der Waals surface area contributed by atoms with Crippen LogP contribution in [0.5, 0.6) is 5.88 Å². The molecule has 0 aliphatic heterocycles. The highest BCUT2D eigenvalue weighted by Gasteiger charge is 2.18. The number of anilines is 1. The molecule has 0 spiro atoms. The summed E-state index contributed by atoms with van der Waals surface area (Å²) in [6.45, 7) is 0. The maximum atomic E-state index is 11.2. The van der Waals surface area contributed by atoms with Gasteiger partial charge in [0.15, 0.2) is 0 Å². The van der Waals surface area contributed by atoms with Crippen molar-refractivity contribution in [3.8, 4) is 5.88 Å². The highest BCUT2D eigenvalue weighted by atomic mass is 16.5. The lowest BCUT2D eigenvalue weighted by atomic mass is 9.93. The van der Waals surface area contributed by atoms with Crippen LogP contribution in [0, 0.1) is 0 Å². The fraction of sp³-hybridized carbons (Fsp3) is 0.455. The molecule has 2 rings (SSSR count). The van der Waals surface area contributed by atoms with Crippen molar-refractivity contribution in [2.45, 2.75) is 25.3 Å². The molecule has 1 saturated carbocycles. The third-order valence-corrected chi connectivity index (χ3v) is 2.79. The number of aromatic nitrogens is 1. The molecular weight excluding hydrogens is 206 g/mol. The first-order chi connectivity index (χ1) is 7.70. The van der Waals surface area contributed by atoms with Gasteiger partial charge in [-0.05, 0) is 25.3 Å². The number of carbonyl (C=O) groups is 1. The molecule has 5 heteroatoms. The third-order valence-electron chi connectivity index (χ3n) is 2.79. The second-order valence-electron chi connectivity index (χ2n) is 3.92.